The van der Waals surface area contributed by atoms with Crippen LogP contribution in [0.25, 0.3) is 0 Å². The van der Waals surface area contributed by atoms with Gasteiger partial charge < -0.3 is 5.32 Å². The van der Waals surface area contributed by atoms with Gasteiger partial charge >= 0.3 is 0 Å². The average Bonchev–Trinajstić information content (AvgIpc) is 2.09. The first-order valence-electron chi connectivity index (χ1n) is 3.53. The summed E-state index contributed by atoms with van der Waals surface area (Å²) >= 11 is 3.22. The number of nitrogens with one attached hydrogen (secondary N) is 1. The van der Waals surface area contributed by atoms with Gasteiger partial charge in [0, 0.05) is 13.2 Å². The summed E-state index contributed by atoms with van der Waals surface area (Å²) in [5.41, 5.74) is 0.914. The van der Waals surface area contributed by atoms with Crippen molar-refractivity contribution in [3.05, 3.63) is 28.5 Å². The molecule has 3 nitrogen and oxygen atoms in total. The molecule has 0 spiro atoms. The van der Waals surface area contributed by atoms with E-state index < -0.39 is 0 Å². The van der Waals surface area contributed by atoms with Crippen LogP contribution in [-0.2, 0) is 11.2 Å². The fraction of sp³-hybridized carbons (Fsp3) is 0.250. The van der Waals surface area contributed by atoms with E-state index in [-0.39, 0.29) is 5.91 Å². The third-order valence-electron chi connectivity index (χ3n) is 1.43. The smallest absolute Gasteiger partial charge is 0.224 e. The van der Waals surface area contributed by atoms with Crippen LogP contribution in [0, 0.1) is 0 Å². The largest absolute Gasteiger partial charge is 0.359 e. The molecule has 1 rings (SSSR count). The number of amides is 1. The number of likely N-dealkylation sites (N-methyl/N-ethyl adjacent to an activating group) is 1. The molecule has 0 aliphatic rings. The molecule has 0 unspecified atom stereocenters. The zero-order valence-electron chi connectivity index (χ0n) is 6.67. The second kappa shape index (κ2) is 4.21. The lowest BCUT2D eigenvalue weighted by Gasteiger charge is -1.98. The van der Waals surface area contributed by atoms with Crippen molar-refractivity contribution in [3.63, 3.8) is 0 Å². The number of rotatable bonds is 2. The molecular weight excluding hydrogens is 220 g/mol. The van der Waals surface area contributed by atoms with Gasteiger partial charge in [-0.2, -0.15) is 0 Å². The van der Waals surface area contributed by atoms with Crippen molar-refractivity contribution in [3.8, 4) is 0 Å². The Balaban J connectivity index is 2.64. The molecule has 0 aliphatic heterocycles. The number of pyridine rings is 1. The van der Waals surface area contributed by atoms with Crippen LogP contribution in [0.4, 0.5) is 0 Å². The molecule has 0 aliphatic carbocycles. The van der Waals surface area contributed by atoms with E-state index in [9.17, 15) is 4.79 Å². The van der Waals surface area contributed by atoms with Crippen molar-refractivity contribution in [2.75, 3.05) is 7.05 Å². The van der Waals surface area contributed by atoms with E-state index in [1.807, 2.05) is 12.1 Å². The molecule has 0 radical (unpaired) electrons. The van der Waals surface area contributed by atoms with Crippen LogP contribution >= 0.6 is 15.9 Å². The van der Waals surface area contributed by atoms with Crippen LogP contribution in [0.15, 0.2) is 22.9 Å². The first-order valence-corrected chi connectivity index (χ1v) is 4.32. The first kappa shape index (κ1) is 9.19. The highest BCUT2D eigenvalue weighted by Crippen LogP contribution is 2.06. The highest BCUT2D eigenvalue weighted by Gasteiger charge is 1.99. The summed E-state index contributed by atoms with van der Waals surface area (Å²) in [4.78, 5) is 14.9. The summed E-state index contributed by atoms with van der Waals surface area (Å²) in [6.45, 7) is 0. The highest BCUT2D eigenvalue weighted by molar-refractivity contribution is 9.10. The predicted octanol–water partition coefficient (Wildman–Crippen LogP) is 1.13. The second-order valence-corrected chi connectivity index (χ2v) is 3.15. The van der Waals surface area contributed by atoms with E-state index in [4.69, 9.17) is 0 Å². The van der Waals surface area contributed by atoms with Gasteiger partial charge in [0.1, 0.15) is 4.60 Å². The topological polar surface area (TPSA) is 42.0 Å². The molecule has 0 aromatic carbocycles. The van der Waals surface area contributed by atoms with Gasteiger partial charge in [-0.3, -0.25) is 4.79 Å². The summed E-state index contributed by atoms with van der Waals surface area (Å²) in [5.74, 6) is -0.000813. The van der Waals surface area contributed by atoms with Crippen LogP contribution in [0.1, 0.15) is 5.56 Å². The van der Waals surface area contributed by atoms with E-state index in [1.165, 1.54) is 0 Å². The zero-order chi connectivity index (χ0) is 8.97. The van der Waals surface area contributed by atoms with Gasteiger partial charge in [-0.15, -0.1) is 0 Å². The number of carbonyl (C=O) groups is 1. The van der Waals surface area contributed by atoms with Gasteiger partial charge in [0.05, 0.1) is 6.42 Å². The van der Waals surface area contributed by atoms with Gasteiger partial charge in [0.25, 0.3) is 0 Å². The average molecular weight is 229 g/mol. The Morgan fingerprint density at radius 3 is 2.92 bits per heavy atom. The minimum Gasteiger partial charge on any atom is -0.359 e. The maximum Gasteiger partial charge on any atom is 0.224 e. The summed E-state index contributed by atoms with van der Waals surface area (Å²) in [6.07, 6.45) is 2.07. The Hall–Kier alpha value is -0.900. The molecule has 4 heteroatoms. The molecule has 1 amide bonds. The summed E-state index contributed by atoms with van der Waals surface area (Å²) in [5, 5.41) is 2.55. The number of aromatic nitrogens is 1. The van der Waals surface area contributed by atoms with Crippen LogP contribution in [0.3, 0.4) is 0 Å². The molecule has 1 aromatic rings. The number of hydrogen-bond donors (Lipinski definition) is 1. The van der Waals surface area contributed by atoms with Crippen molar-refractivity contribution >= 4 is 21.8 Å². The Bertz CT molecular complexity index is 271. The van der Waals surface area contributed by atoms with Gasteiger partial charge in [-0.05, 0) is 27.6 Å². The molecule has 0 saturated carbocycles. The Labute approximate surface area is 79.3 Å². The molecule has 0 saturated heterocycles. The molecule has 64 valence electrons. The molecule has 1 aromatic heterocycles. The maximum absolute atomic E-state index is 10.9. The predicted molar refractivity (Wildman–Crippen MR) is 49.7 cm³/mol. The normalized spacial score (nSPS) is 9.50. The Morgan fingerprint density at radius 1 is 1.67 bits per heavy atom. The van der Waals surface area contributed by atoms with E-state index in [1.54, 1.807) is 13.2 Å². The lowest BCUT2D eigenvalue weighted by molar-refractivity contribution is -0.119. The molecule has 0 fully saturated rings. The third-order valence-corrected chi connectivity index (χ3v) is 1.90. The van der Waals surface area contributed by atoms with Crippen molar-refractivity contribution in [1.82, 2.24) is 10.3 Å². The number of nitrogens with zero attached hydrogens (tertiary/aromatic N) is 1. The summed E-state index contributed by atoms with van der Waals surface area (Å²) in [7, 11) is 1.62. The third kappa shape index (κ3) is 2.62. The fourth-order valence-corrected chi connectivity index (χ4v) is 1.02. The number of carbonyl (C=O) groups excluding carboxylic acids is 1. The van der Waals surface area contributed by atoms with Crippen molar-refractivity contribution in [2.24, 2.45) is 0 Å². The summed E-state index contributed by atoms with van der Waals surface area (Å²) in [6, 6.07) is 3.69. The standard InChI is InChI=1S/C8H9BrN2O/c1-10-8(12)4-6-2-3-7(9)11-5-6/h2-3,5H,4H2,1H3,(H,10,12). The molecular formula is C8H9BrN2O. The van der Waals surface area contributed by atoms with Gasteiger partial charge in [0.2, 0.25) is 5.91 Å². The zero-order valence-corrected chi connectivity index (χ0v) is 8.26. The fourth-order valence-electron chi connectivity index (χ4n) is 0.785. The van der Waals surface area contributed by atoms with E-state index in [0.29, 0.717) is 6.42 Å². The van der Waals surface area contributed by atoms with Crippen LogP contribution in [0.5, 0.6) is 0 Å². The molecule has 12 heavy (non-hydrogen) atoms. The quantitative estimate of drug-likeness (QED) is 0.772. The first-order chi connectivity index (χ1) is 5.72. The molecule has 1 N–H and O–H groups in total. The SMILES string of the molecule is CNC(=O)Cc1ccc(Br)nc1. The number of hydrogen-bond acceptors (Lipinski definition) is 2. The van der Waals surface area contributed by atoms with E-state index >= 15 is 0 Å². The van der Waals surface area contributed by atoms with Crippen molar-refractivity contribution in [2.45, 2.75) is 6.42 Å². The molecule has 0 bridgehead atoms. The second-order valence-electron chi connectivity index (χ2n) is 2.34. The highest BCUT2D eigenvalue weighted by atomic mass is 79.9. The van der Waals surface area contributed by atoms with E-state index in [2.05, 4.69) is 26.2 Å². The monoisotopic (exact) mass is 228 g/mol. The maximum atomic E-state index is 10.9. The van der Waals surface area contributed by atoms with Crippen LogP contribution in [0.2, 0.25) is 0 Å². The van der Waals surface area contributed by atoms with E-state index in [0.717, 1.165) is 10.2 Å². The minimum absolute atomic E-state index is 0.000813. The van der Waals surface area contributed by atoms with Gasteiger partial charge in [-0.25, -0.2) is 4.98 Å². The van der Waals surface area contributed by atoms with Crippen LogP contribution in [-0.4, -0.2) is 17.9 Å². The lowest BCUT2D eigenvalue weighted by atomic mass is 10.2. The Morgan fingerprint density at radius 2 is 2.42 bits per heavy atom. The van der Waals surface area contributed by atoms with Gasteiger partial charge in [-0.1, -0.05) is 6.07 Å². The minimum atomic E-state index is -0.000813. The molecule has 0 atom stereocenters. The Kier molecular flexibility index (Phi) is 3.22. The van der Waals surface area contributed by atoms with Gasteiger partial charge in [0.15, 0.2) is 0 Å². The number of halogens is 1. The molecule has 1 heterocycles. The van der Waals surface area contributed by atoms with Crippen molar-refractivity contribution in [1.29, 1.82) is 0 Å². The summed E-state index contributed by atoms with van der Waals surface area (Å²) < 4.78 is 0.781. The lowest BCUT2D eigenvalue weighted by Crippen LogP contribution is -2.19. The van der Waals surface area contributed by atoms with Crippen LogP contribution < -0.4 is 5.32 Å². The van der Waals surface area contributed by atoms with Crippen molar-refractivity contribution < 1.29 is 4.79 Å².